The molecule has 0 spiro atoms. The number of carbonyl (C=O) groups is 1. The Morgan fingerprint density at radius 2 is 2.20 bits per heavy atom. The quantitative estimate of drug-likeness (QED) is 0.743. The number of ketones is 1. The van der Waals surface area contributed by atoms with Crippen molar-refractivity contribution in [3.8, 4) is 11.5 Å². The van der Waals surface area contributed by atoms with E-state index in [1.807, 2.05) is 0 Å². The van der Waals surface area contributed by atoms with Crippen LogP contribution in [0.3, 0.4) is 0 Å². The molecule has 0 saturated carbocycles. The third-order valence-corrected chi connectivity index (χ3v) is 1.91. The molecule has 0 aliphatic carbocycles. The highest BCUT2D eigenvalue weighted by Crippen LogP contribution is 2.24. The standard InChI is InChI=1S/C11H14O4/c1-8(13)10-7-9(15-6-5-12)3-4-11(10)14-2/h3-4,7,12H,5-6H2,1-2H3. The Hall–Kier alpha value is -1.55. The van der Waals surface area contributed by atoms with E-state index in [4.69, 9.17) is 14.6 Å². The van der Waals surface area contributed by atoms with Crippen molar-refractivity contribution in [2.75, 3.05) is 20.3 Å². The Morgan fingerprint density at radius 1 is 1.47 bits per heavy atom. The fourth-order valence-electron chi connectivity index (χ4n) is 1.22. The van der Waals surface area contributed by atoms with Gasteiger partial charge >= 0.3 is 0 Å². The second-order valence-corrected chi connectivity index (χ2v) is 2.99. The van der Waals surface area contributed by atoms with Crippen LogP contribution >= 0.6 is 0 Å². The Balaban J connectivity index is 2.94. The topological polar surface area (TPSA) is 55.8 Å². The van der Waals surface area contributed by atoms with E-state index in [1.54, 1.807) is 18.2 Å². The summed E-state index contributed by atoms with van der Waals surface area (Å²) in [5.74, 6) is 0.996. The second-order valence-electron chi connectivity index (χ2n) is 2.99. The van der Waals surface area contributed by atoms with Crippen LogP contribution in [0.2, 0.25) is 0 Å². The number of ether oxygens (including phenoxy) is 2. The van der Waals surface area contributed by atoms with Gasteiger partial charge in [0.2, 0.25) is 0 Å². The minimum absolute atomic E-state index is 0.0541. The molecule has 0 aromatic heterocycles. The van der Waals surface area contributed by atoms with Crippen molar-refractivity contribution in [3.63, 3.8) is 0 Å². The molecule has 15 heavy (non-hydrogen) atoms. The van der Waals surface area contributed by atoms with E-state index in [9.17, 15) is 4.79 Å². The first-order valence-corrected chi connectivity index (χ1v) is 4.61. The van der Waals surface area contributed by atoms with E-state index in [-0.39, 0.29) is 19.0 Å². The molecule has 0 aliphatic rings. The number of benzene rings is 1. The highest BCUT2D eigenvalue weighted by atomic mass is 16.5. The molecule has 1 aromatic rings. The molecule has 0 atom stereocenters. The molecule has 0 radical (unpaired) electrons. The predicted octanol–water partition coefficient (Wildman–Crippen LogP) is 1.27. The Kier molecular flexibility index (Phi) is 4.12. The van der Waals surface area contributed by atoms with Gasteiger partial charge in [-0.2, -0.15) is 0 Å². The molecular formula is C11H14O4. The fraction of sp³-hybridized carbons (Fsp3) is 0.364. The molecule has 0 unspecified atom stereocenters. The number of rotatable bonds is 5. The van der Waals surface area contributed by atoms with Gasteiger partial charge in [0.1, 0.15) is 18.1 Å². The maximum Gasteiger partial charge on any atom is 0.163 e. The first kappa shape index (κ1) is 11.5. The minimum Gasteiger partial charge on any atom is -0.496 e. The van der Waals surface area contributed by atoms with Gasteiger partial charge in [-0.15, -0.1) is 0 Å². The first-order chi connectivity index (χ1) is 7.19. The zero-order valence-corrected chi connectivity index (χ0v) is 8.82. The zero-order valence-electron chi connectivity index (χ0n) is 8.82. The van der Waals surface area contributed by atoms with Gasteiger partial charge < -0.3 is 14.6 Å². The van der Waals surface area contributed by atoms with Gasteiger partial charge in [-0.05, 0) is 25.1 Å². The molecule has 0 fully saturated rings. The van der Waals surface area contributed by atoms with E-state index < -0.39 is 0 Å². The van der Waals surface area contributed by atoms with Crippen LogP contribution in [-0.2, 0) is 0 Å². The van der Waals surface area contributed by atoms with Crippen molar-refractivity contribution in [2.24, 2.45) is 0 Å². The van der Waals surface area contributed by atoms with E-state index in [2.05, 4.69) is 0 Å². The number of aliphatic hydroxyl groups is 1. The SMILES string of the molecule is COc1ccc(OCCO)cc1C(C)=O. The van der Waals surface area contributed by atoms with E-state index >= 15 is 0 Å². The van der Waals surface area contributed by atoms with Crippen molar-refractivity contribution in [2.45, 2.75) is 6.92 Å². The minimum atomic E-state index is -0.0821. The average molecular weight is 210 g/mol. The maximum absolute atomic E-state index is 11.3. The van der Waals surface area contributed by atoms with Crippen LogP contribution in [0.4, 0.5) is 0 Å². The van der Waals surface area contributed by atoms with Crippen LogP contribution < -0.4 is 9.47 Å². The van der Waals surface area contributed by atoms with Crippen molar-refractivity contribution in [1.82, 2.24) is 0 Å². The van der Waals surface area contributed by atoms with Crippen molar-refractivity contribution in [3.05, 3.63) is 23.8 Å². The number of hydrogen-bond acceptors (Lipinski definition) is 4. The van der Waals surface area contributed by atoms with E-state index in [0.717, 1.165) is 0 Å². The number of aliphatic hydroxyl groups excluding tert-OH is 1. The zero-order chi connectivity index (χ0) is 11.3. The second kappa shape index (κ2) is 5.36. The van der Waals surface area contributed by atoms with Gasteiger partial charge in [0, 0.05) is 0 Å². The van der Waals surface area contributed by atoms with Crippen LogP contribution in [0.5, 0.6) is 11.5 Å². The summed E-state index contributed by atoms with van der Waals surface area (Å²) in [6, 6.07) is 4.97. The Labute approximate surface area is 88.4 Å². The lowest BCUT2D eigenvalue weighted by Gasteiger charge is -2.09. The first-order valence-electron chi connectivity index (χ1n) is 4.61. The highest BCUT2D eigenvalue weighted by molar-refractivity contribution is 5.97. The summed E-state index contributed by atoms with van der Waals surface area (Å²) in [6.45, 7) is 1.62. The lowest BCUT2D eigenvalue weighted by molar-refractivity contribution is 0.101. The normalized spacial score (nSPS) is 9.80. The smallest absolute Gasteiger partial charge is 0.163 e. The monoisotopic (exact) mass is 210 g/mol. The molecule has 4 nitrogen and oxygen atoms in total. The summed E-state index contributed by atoms with van der Waals surface area (Å²) in [7, 11) is 1.51. The summed E-state index contributed by atoms with van der Waals surface area (Å²) in [6.07, 6.45) is 0. The molecule has 0 saturated heterocycles. The van der Waals surface area contributed by atoms with Crippen molar-refractivity contribution < 1.29 is 19.4 Å². The van der Waals surface area contributed by atoms with Crippen molar-refractivity contribution in [1.29, 1.82) is 0 Å². The summed E-state index contributed by atoms with van der Waals surface area (Å²) >= 11 is 0. The highest BCUT2D eigenvalue weighted by Gasteiger charge is 2.09. The third kappa shape index (κ3) is 2.95. The van der Waals surface area contributed by atoms with Crippen LogP contribution in [-0.4, -0.2) is 31.2 Å². The maximum atomic E-state index is 11.3. The lowest BCUT2D eigenvalue weighted by Crippen LogP contribution is -2.03. The van der Waals surface area contributed by atoms with E-state index in [0.29, 0.717) is 17.1 Å². The molecule has 1 rings (SSSR count). The van der Waals surface area contributed by atoms with Crippen LogP contribution in [0.25, 0.3) is 0 Å². The van der Waals surface area contributed by atoms with E-state index in [1.165, 1.54) is 14.0 Å². The third-order valence-electron chi connectivity index (χ3n) is 1.91. The average Bonchev–Trinajstić information content (AvgIpc) is 2.25. The lowest BCUT2D eigenvalue weighted by atomic mass is 10.1. The number of Topliss-reactive ketones (excluding diaryl/α,β-unsaturated/α-hetero) is 1. The van der Waals surface area contributed by atoms with Crippen molar-refractivity contribution >= 4 is 5.78 Å². The summed E-state index contributed by atoms with van der Waals surface area (Å²) in [5.41, 5.74) is 0.480. The van der Waals surface area contributed by atoms with Gasteiger partial charge in [0.15, 0.2) is 5.78 Å². The molecule has 0 aliphatic heterocycles. The molecule has 82 valence electrons. The van der Waals surface area contributed by atoms with Gasteiger partial charge in [-0.25, -0.2) is 0 Å². The molecule has 1 N–H and O–H groups in total. The molecule has 0 heterocycles. The molecule has 0 amide bonds. The largest absolute Gasteiger partial charge is 0.496 e. The Morgan fingerprint density at radius 3 is 2.73 bits per heavy atom. The Bertz CT molecular complexity index is 346. The predicted molar refractivity (Wildman–Crippen MR) is 55.6 cm³/mol. The van der Waals surface area contributed by atoms with Gasteiger partial charge in [0.25, 0.3) is 0 Å². The molecular weight excluding hydrogens is 196 g/mol. The molecule has 4 heteroatoms. The summed E-state index contributed by atoms with van der Waals surface area (Å²) in [4.78, 5) is 11.3. The molecule has 0 bridgehead atoms. The number of carbonyl (C=O) groups excluding carboxylic acids is 1. The van der Waals surface area contributed by atoms with Gasteiger partial charge in [-0.3, -0.25) is 4.79 Å². The van der Waals surface area contributed by atoms with Crippen LogP contribution in [0, 0.1) is 0 Å². The number of methoxy groups -OCH3 is 1. The number of hydrogen-bond donors (Lipinski definition) is 1. The molecule has 1 aromatic carbocycles. The van der Waals surface area contributed by atoms with Crippen LogP contribution in [0.15, 0.2) is 18.2 Å². The van der Waals surface area contributed by atoms with Gasteiger partial charge in [-0.1, -0.05) is 0 Å². The van der Waals surface area contributed by atoms with Crippen LogP contribution in [0.1, 0.15) is 17.3 Å². The summed E-state index contributed by atoms with van der Waals surface area (Å²) < 4.78 is 10.2. The van der Waals surface area contributed by atoms with Gasteiger partial charge in [0.05, 0.1) is 19.3 Å². The summed E-state index contributed by atoms with van der Waals surface area (Å²) in [5, 5.41) is 8.59. The fourth-order valence-corrected chi connectivity index (χ4v) is 1.22.